The maximum absolute atomic E-state index is 12.8. The summed E-state index contributed by atoms with van der Waals surface area (Å²) in [6.45, 7) is 7.12. The maximum atomic E-state index is 12.8. The summed E-state index contributed by atoms with van der Waals surface area (Å²) in [5.41, 5.74) is 1.26. The van der Waals surface area contributed by atoms with Crippen LogP contribution in [0.1, 0.15) is 42.6 Å². The van der Waals surface area contributed by atoms with Crippen LogP contribution in [0.4, 0.5) is 11.4 Å². The number of carboxylic acids is 1. The lowest BCUT2D eigenvalue weighted by Crippen LogP contribution is -2.27. The zero-order chi connectivity index (χ0) is 20.9. The first-order valence-corrected chi connectivity index (χ1v) is 11.0. The molecule has 28 heavy (non-hydrogen) atoms. The molecular weight excluding hydrogens is 400 g/mol. The van der Waals surface area contributed by atoms with Gasteiger partial charge >= 0.3 is 5.97 Å². The molecule has 0 amide bonds. The molecule has 0 saturated heterocycles. The summed E-state index contributed by atoms with van der Waals surface area (Å²) in [6, 6.07) is 9.22. The summed E-state index contributed by atoms with van der Waals surface area (Å²) in [4.78, 5) is 13.9. The maximum Gasteiger partial charge on any atom is 0.337 e. The molecule has 0 aliphatic rings. The number of sulfonamides is 1. The molecule has 8 heteroatoms. The van der Waals surface area contributed by atoms with Crippen LogP contribution in [0, 0.1) is 6.92 Å². The predicted molar refractivity (Wildman–Crippen MR) is 113 cm³/mol. The minimum atomic E-state index is -3.90. The van der Waals surface area contributed by atoms with Gasteiger partial charge in [0.25, 0.3) is 10.0 Å². The third kappa shape index (κ3) is 4.97. The van der Waals surface area contributed by atoms with Gasteiger partial charge in [0, 0.05) is 23.8 Å². The van der Waals surface area contributed by atoms with E-state index in [9.17, 15) is 18.3 Å². The third-order valence-electron chi connectivity index (χ3n) is 4.31. The summed E-state index contributed by atoms with van der Waals surface area (Å²) in [5.74, 6) is -1.10. The Labute approximate surface area is 171 Å². The number of hydrogen-bond donors (Lipinski definition) is 2. The van der Waals surface area contributed by atoms with Crippen molar-refractivity contribution in [3.8, 4) is 0 Å². The summed E-state index contributed by atoms with van der Waals surface area (Å²) in [6.07, 6.45) is 1.75. The zero-order valence-electron chi connectivity index (χ0n) is 16.2. The van der Waals surface area contributed by atoms with Crippen LogP contribution >= 0.6 is 11.6 Å². The molecule has 0 unspecified atom stereocenters. The van der Waals surface area contributed by atoms with Crippen LogP contribution in [-0.4, -0.2) is 32.6 Å². The number of rotatable bonds is 9. The van der Waals surface area contributed by atoms with Gasteiger partial charge in [0.15, 0.2) is 0 Å². The second kappa shape index (κ2) is 9.30. The van der Waals surface area contributed by atoms with Crippen LogP contribution in [0.3, 0.4) is 0 Å². The molecule has 0 fully saturated rings. The van der Waals surface area contributed by atoms with Crippen molar-refractivity contribution in [2.75, 3.05) is 22.7 Å². The Morgan fingerprint density at radius 1 is 1.14 bits per heavy atom. The van der Waals surface area contributed by atoms with E-state index in [1.807, 2.05) is 18.7 Å². The van der Waals surface area contributed by atoms with E-state index in [0.717, 1.165) is 25.9 Å². The highest BCUT2D eigenvalue weighted by molar-refractivity contribution is 7.92. The highest BCUT2D eigenvalue weighted by Crippen LogP contribution is 2.28. The lowest BCUT2D eigenvalue weighted by atomic mass is 10.1. The summed E-state index contributed by atoms with van der Waals surface area (Å²) >= 11 is 6.03. The molecule has 0 bridgehead atoms. The Morgan fingerprint density at radius 2 is 1.79 bits per heavy atom. The molecule has 0 atom stereocenters. The van der Waals surface area contributed by atoms with E-state index in [4.69, 9.17) is 11.6 Å². The minimum absolute atomic E-state index is 0.0551. The van der Waals surface area contributed by atoms with Gasteiger partial charge in [0.2, 0.25) is 0 Å². The van der Waals surface area contributed by atoms with Crippen molar-refractivity contribution < 1.29 is 18.3 Å². The second-order valence-electron chi connectivity index (χ2n) is 6.49. The average Bonchev–Trinajstić information content (AvgIpc) is 2.63. The van der Waals surface area contributed by atoms with Gasteiger partial charge in [-0.15, -0.1) is 0 Å². The number of hydrogen-bond acceptors (Lipinski definition) is 4. The number of anilines is 2. The molecule has 0 aliphatic heterocycles. The lowest BCUT2D eigenvalue weighted by Gasteiger charge is -2.25. The molecule has 0 saturated carbocycles. The number of halogens is 1. The van der Waals surface area contributed by atoms with Crippen molar-refractivity contribution in [2.24, 2.45) is 0 Å². The standard InChI is InChI=1S/C20H25ClN2O4S/c1-4-11-23(12-5-2)18-10-9-15(13-16(18)20(24)25)22-28(26,27)19-8-6-7-17(21)14(19)3/h6-10,13,22H,4-5,11-12H2,1-3H3,(H,24,25). The Morgan fingerprint density at radius 3 is 2.36 bits per heavy atom. The van der Waals surface area contributed by atoms with Gasteiger partial charge in [-0.3, -0.25) is 4.72 Å². The molecular formula is C20H25ClN2O4S. The van der Waals surface area contributed by atoms with Gasteiger partial charge in [-0.1, -0.05) is 31.5 Å². The monoisotopic (exact) mass is 424 g/mol. The fourth-order valence-corrected chi connectivity index (χ4v) is 4.58. The molecule has 6 nitrogen and oxygen atoms in total. The Kier molecular flexibility index (Phi) is 7.32. The van der Waals surface area contributed by atoms with Crippen LogP contribution in [0.2, 0.25) is 5.02 Å². The quantitative estimate of drug-likeness (QED) is 0.605. The van der Waals surface area contributed by atoms with Crippen molar-refractivity contribution in [3.63, 3.8) is 0 Å². The third-order valence-corrected chi connectivity index (χ3v) is 6.25. The van der Waals surface area contributed by atoms with E-state index in [2.05, 4.69) is 4.72 Å². The number of aromatic carboxylic acids is 1. The van der Waals surface area contributed by atoms with Gasteiger partial charge in [-0.25, -0.2) is 13.2 Å². The van der Waals surface area contributed by atoms with Crippen molar-refractivity contribution in [1.82, 2.24) is 0 Å². The highest BCUT2D eigenvalue weighted by atomic mass is 35.5. The fraction of sp³-hybridized carbons (Fsp3) is 0.350. The van der Waals surface area contributed by atoms with Gasteiger partial charge in [0.1, 0.15) is 0 Å². The average molecular weight is 425 g/mol. The van der Waals surface area contributed by atoms with Crippen LogP contribution in [0.5, 0.6) is 0 Å². The summed E-state index contributed by atoms with van der Waals surface area (Å²) in [7, 11) is -3.90. The van der Waals surface area contributed by atoms with Crippen LogP contribution in [0.25, 0.3) is 0 Å². The molecule has 2 rings (SSSR count). The van der Waals surface area contributed by atoms with Crippen molar-refractivity contribution >= 4 is 39.0 Å². The molecule has 2 N–H and O–H groups in total. The van der Waals surface area contributed by atoms with Crippen molar-refractivity contribution in [1.29, 1.82) is 0 Å². The Balaban J connectivity index is 2.43. The van der Waals surface area contributed by atoms with Crippen LogP contribution < -0.4 is 9.62 Å². The van der Waals surface area contributed by atoms with E-state index >= 15 is 0 Å². The Hall–Kier alpha value is -2.25. The van der Waals surface area contributed by atoms with Crippen LogP contribution in [-0.2, 0) is 10.0 Å². The summed E-state index contributed by atoms with van der Waals surface area (Å²) < 4.78 is 28.0. The fourth-order valence-electron chi connectivity index (χ4n) is 3.03. The topological polar surface area (TPSA) is 86.7 Å². The molecule has 2 aromatic carbocycles. The Bertz CT molecular complexity index is 955. The minimum Gasteiger partial charge on any atom is -0.478 e. The van der Waals surface area contributed by atoms with E-state index in [0.29, 0.717) is 16.3 Å². The molecule has 0 aromatic heterocycles. The first-order valence-electron chi connectivity index (χ1n) is 9.11. The van der Waals surface area contributed by atoms with Crippen molar-refractivity contribution in [2.45, 2.75) is 38.5 Å². The van der Waals surface area contributed by atoms with Gasteiger partial charge < -0.3 is 10.0 Å². The molecule has 0 heterocycles. The van der Waals surface area contributed by atoms with Gasteiger partial charge in [-0.05, 0) is 55.7 Å². The molecule has 0 aliphatic carbocycles. The molecule has 0 radical (unpaired) electrons. The number of nitrogens with zero attached hydrogens (tertiary/aromatic N) is 1. The zero-order valence-corrected chi connectivity index (χ0v) is 17.8. The second-order valence-corrected chi connectivity index (χ2v) is 8.55. The van der Waals surface area contributed by atoms with E-state index in [-0.39, 0.29) is 16.1 Å². The number of carbonyl (C=O) groups is 1. The normalized spacial score (nSPS) is 11.3. The van der Waals surface area contributed by atoms with E-state index in [1.165, 1.54) is 12.1 Å². The summed E-state index contributed by atoms with van der Waals surface area (Å²) in [5, 5.41) is 10.00. The lowest BCUT2D eigenvalue weighted by molar-refractivity contribution is 0.0697. The largest absolute Gasteiger partial charge is 0.478 e. The molecule has 152 valence electrons. The smallest absolute Gasteiger partial charge is 0.337 e. The van der Waals surface area contributed by atoms with E-state index < -0.39 is 16.0 Å². The first-order chi connectivity index (χ1) is 13.2. The number of nitrogens with one attached hydrogen (secondary N) is 1. The van der Waals surface area contributed by atoms with Crippen LogP contribution in [0.15, 0.2) is 41.3 Å². The van der Waals surface area contributed by atoms with Crippen molar-refractivity contribution in [3.05, 3.63) is 52.5 Å². The van der Waals surface area contributed by atoms with E-state index in [1.54, 1.807) is 31.2 Å². The molecule has 2 aromatic rings. The highest BCUT2D eigenvalue weighted by Gasteiger charge is 2.21. The number of carboxylic acid groups (broad SMARTS) is 1. The molecule has 0 spiro atoms. The van der Waals surface area contributed by atoms with Gasteiger partial charge in [0.05, 0.1) is 16.1 Å². The van der Waals surface area contributed by atoms with Gasteiger partial charge in [-0.2, -0.15) is 0 Å². The predicted octanol–water partition coefficient (Wildman–Crippen LogP) is 4.77. The SMILES string of the molecule is CCCN(CCC)c1ccc(NS(=O)(=O)c2cccc(Cl)c2C)cc1C(=O)O. The first kappa shape index (κ1) is 22.0. The number of benzene rings is 2.